The van der Waals surface area contributed by atoms with E-state index < -0.39 is 22.2 Å². The smallest absolute Gasteiger partial charge is 0.312 e. The Morgan fingerprint density at radius 2 is 1.95 bits per heavy atom. The third kappa shape index (κ3) is 3.34. The van der Waals surface area contributed by atoms with Gasteiger partial charge in [0.2, 0.25) is 5.75 Å². The molecular formula is C13H9BrF2N2O3. The Balaban J connectivity index is 2.48. The zero-order valence-electron chi connectivity index (χ0n) is 10.5. The van der Waals surface area contributed by atoms with Crippen LogP contribution in [0.2, 0.25) is 0 Å². The molecule has 2 N–H and O–H groups in total. The van der Waals surface area contributed by atoms with Crippen molar-refractivity contribution in [3.05, 3.63) is 62.1 Å². The molecule has 2 rings (SSSR count). The summed E-state index contributed by atoms with van der Waals surface area (Å²) in [5.74, 6) is -1.39. The molecule has 5 nitrogen and oxygen atoms in total. The molecule has 0 heterocycles. The van der Waals surface area contributed by atoms with Gasteiger partial charge in [-0.1, -0.05) is 0 Å². The van der Waals surface area contributed by atoms with Crippen LogP contribution in [0.5, 0.6) is 11.5 Å². The Bertz CT molecular complexity index is 710. The maximum atomic E-state index is 13.5. The number of nitro benzene ring substituents is 1. The molecule has 0 saturated carbocycles. The second-order valence-electron chi connectivity index (χ2n) is 4.05. The van der Waals surface area contributed by atoms with Crippen LogP contribution >= 0.6 is 15.9 Å². The van der Waals surface area contributed by atoms with Gasteiger partial charge in [-0.05, 0) is 34.1 Å². The lowest BCUT2D eigenvalue weighted by molar-refractivity contribution is -0.385. The lowest BCUT2D eigenvalue weighted by Gasteiger charge is -2.11. The van der Waals surface area contributed by atoms with Gasteiger partial charge in [-0.25, -0.2) is 8.78 Å². The van der Waals surface area contributed by atoms with Gasteiger partial charge in [0.25, 0.3) is 0 Å². The first-order chi connectivity index (χ1) is 9.92. The minimum Gasteiger partial charge on any atom is -0.450 e. The first-order valence-corrected chi connectivity index (χ1v) is 6.51. The average molecular weight is 359 g/mol. The largest absolute Gasteiger partial charge is 0.450 e. The van der Waals surface area contributed by atoms with E-state index in [4.69, 9.17) is 10.5 Å². The van der Waals surface area contributed by atoms with Gasteiger partial charge in [0.15, 0.2) is 0 Å². The van der Waals surface area contributed by atoms with Crippen molar-refractivity contribution >= 4 is 21.6 Å². The van der Waals surface area contributed by atoms with E-state index in [1.54, 1.807) is 0 Å². The van der Waals surface area contributed by atoms with Crippen LogP contribution in [-0.2, 0) is 6.54 Å². The molecule has 0 aromatic heterocycles. The highest BCUT2D eigenvalue weighted by Crippen LogP contribution is 2.36. The standard InChI is InChI=1S/C13H9BrF2N2O3/c14-9-4-11(18(19)20)13(5-10(9)16)21-12-2-1-8(15)3-7(12)6-17/h1-5H,6,17H2. The van der Waals surface area contributed by atoms with Gasteiger partial charge < -0.3 is 10.5 Å². The summed E-state index contributed by atoms with van der Waals surface area (Å²) in [6, 6.07) is 5.43. The summed E-state index contributed by atoms with van der Waals surface area (Å²) >= 11 is 2.87. The number of nitro groups is 1. The number of ether oxygens (including phenoxy) is 1. The van der Waals surface area contributed by atoms with E-state index >= 15 is 0 Å². The van der Waals surface area contributed by atoms with Crippen molar-refractivity contribution in [2.75, 3.05) is 0 Å². The number of halogens is 3. The SMILES string of the molecule is NCc1cc(F)ccc1Oc1cc(F)c(Br)cc1[N+](=O)[O-]. The van der Waals surface area contributed by atoms with E-state index in [0.29, 0.717) is 5.56 Å². The van der Waals surface area contributed by atoms with Crippen molar-refractivity contribution in [2.45, 2.75) is 6.54 Å². The fourth-order valence-electron chi connectivity index (χ4n) is 1.67. The van der Waals surface area contributed by atoms with Crippen molar-refractivity contribution in [1.29, 1.82) is 0 Å². The summed E-state index contributed by atoms with van der Waals surface area (Å²) in [6.07, 6.45) is 0. The van der Waals surface area contributed by atoms with Crippen molar-refractivity contribution in [3.63, 3.8) is 0 Å². The highest BCUT2D eigenvalue weighted by atomic mass is 79.9. The molecule has 0 aliphatic rings. The van der Waals surface area contributed by atoms with E-state index in [0.717, 1.165) is 24.3 Å². The Labute approximate surface area is 126 Å². The highest BCUT2D eigenvalue weighted by Gasteiger charge is 2.20. The van der Waals surface area contributed by atoms with E-state index in [1.165, 1.54) is 6.07 Å². The molecule has 8 heteroatoms. The topological polar surface area (TPSA) is 78.4 Å². The van der Waals surface area contributed by atoms with Gasteiger partial charge in [-0.15, -0.1) is 0 Å². The maximum absolute atomic E-state index is 13.5. The number of benzene rings is 2. The number of rotatable bonds is 4. The molecular weight excluding hydrogens is 350 g/mol. The lowest BCUT2D eigenvalue weighted by Crippen LogP contribution is -2.01. The van der Waals surface area contributed by atoms with Crippen molar-refractivity contribution in [3.8, 4) is 11.5 Å². The molecule has 0 atom stereocenters. The number of nitrogens with zero attached hydrogens (tertiary/aromatic N) is 1. The van der Waals surface area contributed by atoms with Crippen LogP contribution in [0.3, 0.4) is 0 Å². The summed E-state index contributed by atoms with van der Waals surface area (Å²) in [4.78, 5) is 10.3. The Hall–Kier alpha value is -2.06. The minimum absolute atomic E-state index is 0.0279. The third-order valence-corrected chi connectivity index (χ3v) is 3.27. The Kier molecular flexibility index (Phi) is 4.49. The summed E-state index contributed by atoms with van der Waals surface area (Å²) in [5.41, 5.74) is 5.35. The summed E-state index contributed by atoms with van der Waals surface area (Å²) in [5, 5.41) is 11.0. The fraction of sp³-hybridized carbons (Fsp3) is 0.0769. The predicted octanol–water partition coefficient (Wildman–Crippen LogP) is 3.89. The van der Waals surface area contributed by atoms with Crippen LogP contribution in [-0.4, -0.2) is 4.92 Å². The molecule has 0 aliphatic carbocycles. The second kappa shape index (κ2) is 6.15. The molecule has 0 spiro atoms. The third-order valence-electron chi connectivity index (χ3n) is 2.66. The number of hydrogen-bond acceptors (Lipinski definition) is 4. The van der Waals surface area contributed by atoms with Crippen molar-refractivity contribution in [1.82, 2.24) is 0 Å². The summed E-state index contributed by atoms with van der Waals surface area (Å²) < 4.78 is 31.9. The first-order valence-electron chi connectivity index (χ1n) is 5.72. The van der Waals surface area contributed by atoms with Gasteiger partial charge in [-0.3, -0.25) is 10.1 Å². The number of nitrogens with two attached hydrogens (primary N) is 1. The van der Waals surface area contributed by atoms with E-state index in [-0.39, 0.29) is 22.5 Å². The fourth-order valence-corrected chi connectivity index (χ4v) is 2.00. The van der Waals surface area contributed by atoms with Gasteiger partial charge in [0, 0.05) is 24.2 Å². The zero-order valence-corrected chi connectivity index (χ0v) is 12.1. The molecule has 21 heavy (non-hydrogen) atoms. The lowest BCUT2D eigenvalue weighted by atomic mass is 10.2. The molecule has 2 aromatic carbocycles. The van der Waals surface area contributed by atoms with Crippen LogP contribution in [0.25, 0.3) is 0 Å². The first kappa shape index (κ1) is 15.3. The van der Waals surface area contributed by atoms with Crippen LogP contribution in [0.1, 0.15) is 5.56 Å². The molecule has 0 unspecified atom stereocenters. The van der Waals surface area contributed by atoms with Crippen LogP contribution in [0.4, 0.5) is 14.5 Å². The molecule has 0 bridgehead atoms. The predicted molar refractivity (Wildman–Crippen MR) is 75.1 cm³/mol. The van der Waals surface area contributed by atoms with E-state index in [2.05, 4.69) is 15.9 Å². The quantitative estimate of drug-likeness (QED) is 0.664. The van der Waals surface area contributed by atoms with Crippen LogP contribution in [0.15, 0.2) is 34.8 Å². The monoisotopic (exact) mass is 358 g/mol. The second-order valence-corrected chi connectivity index (χ2v) is 4.90. The van der Waals surface area contributed by atoms with Gasteiger partial charge in [-0.2, -0.15) is 0 Å². The molecule has 0 fully saturated rings. The summed E-state index contributed by atoms with van der Waals surface area (Å²) in [7, 11) is 0. The van der Waals surface area contributed by atoms with Gasteiger partial charge in [0.1, 0.15) is 17.4 Å². The van der Waals surface area contributed by atoms with E-state index in [9.17, 15) is 18.9 Å². The zero-order chi connectivity index (χ0) is 15.6. The molecule has 0 aliphatic heterocycles. The molecule has 0 saturated heterocycles. The van der Waals surface area contributed by atoms with Crippen molar-refractivity contribution in [2.24, 2.45) is 5.73 Å². The average Bonchev–Trinajstić information content (AvgIpc) is 2.44. The van der Waals surface area contributed by atoms with Crippen molar-refractivity contribution < 1.29 is 18.4 Å². The van der Waals surface area contributed by atoms with Crippen LogP contribution in [0, 0.1) is 21.7 Å². The Morgan fingerprint density at radius 1 is 1.24 bits per heavy atom. The minimum atomic E-state index is -0.716. The summed E-state index contributed by atoms with van der Waals surface area (Å²) in [6.45, 7) is -0.0279. The van der Waals surface area contributed by atoms with E-state index in [1.807, 2.05) is 0 Å². The van der Waals surface area contributed by atoms with Crippen LogP contribution < -0.4 is 10.5 Å². The maximum Gasteiger partial charge on any atom is 0.312 e. The highest BCUT2D eigenvalue weighted by molar-refractivity contribution is 9.10. The Morgan fingerprint density at radius 3 is 2.57 bits per heavy atom. The van der Waals surface area contributed by atoms with Gasteiger partial charge in [0.05, 0.1) is 9.40 Å². The normalized spacial score (nSPS) is 10.5. The molecule has 0 radical (unpaired) electrons. The molecule has 110 valence electrons. The molecule has 0 amide bonds. The molecule has 2 aromatic rings. The number of hydrogen-bond donors (Lipinski definition) is 1. The van der Waals surface area contributed by atoms with Gasteiger partial charge >= 0.3 is 5.69 Å².